The Morgan fingerprint density at radius 2 is 2.11 bits per heavy atom. The molecule has 3 rings (SSSR count). The highest BCUT2D eigenvalue weighted by molar-refractivity contribution is 7.09. The molecule has 0 fully saturated rings. The van der Waals surface area contributed by atoms with Crippen molar-refractivity contribution >= 4 is 34.0 Å². The zero-order valence-electron chi connectivity index (χ0n) is 9.74. The van der Waals surface area contributed by atoms with Crippen molar-refractivity contribution < 1.29 is 8.78 Å². The van der Waals surface area contributed by atoms with Gasteiger partial charge in [-0.3, -0.25) is 0 Å². The molecule has 19 heavy (non-hydrogen) atoms. The smallest absolute Gasteiger partial charge is 0.184 e. The summed E-state index contributed by atoms with van der Waals surface area (Å²) in [5.41, 5.74) is 0.593. The molecule has 2 heterocycles. The van der Waals surface area contributed by atoms with Crippen molar-refractivity contribution in [3.63, 3.8) is 0 Å². The summed E-state index contributed by atoms with van der Waals surface area (Å²) in [6.07, 6.45) is 0. The number of fused-ring (bicyclic) bond motifs is 1. The molecule has 0 aliphatic rings. The van der Waals surface area contributed by atoms with E-state index in [1.54, 1.807) is 15.9 Å². The van der Waals surface area contributed by atoms with Crippen molar-refractivity contribution in [3.05, 3.63) is 52.0 Å². The summed E-state index contributed by atoms with van der Waals surface area (Å²) in [5, 5.41) is 1.94. The van der Waals surface area contributed by atoms with Crippen LogP contribution in [-0.2, 0) is 12.4 Å². The molecule has 98 valence electrons. The fourth-order valence-corrected chi connectivity index (χ4v) is 2.93. The lowest BCUT2D eigenvalue weighted by molar-refractivity contribution is 0.512. The number of nitrogens with zero attached hydrogens (tertiary/aromatic N) is 2. The normalized spacial score (nSPS) is 11.3. The molecule has 1 aromatic carbocycles. The van der Waals surface area contributed by atoms with E-state index in [0.29, 0.717) is 17.9 Å². The van der Waals surface area contributed by atoms with Crippen molar-refractivity contribution in [1.82, 2.24) is 9.55 Å². The molecule has 2 nitrogen and oxygen atoms in total. The minimum atomic E-state index is -0.877. The Bertz CT molecular complexity index is 722. The summed E-state index contributed by atoms with van der Waals surface area (Å²) in [7, 11) is 0. The van der Waals surface area contributed by atoms with Crippen LogP contribution >= 0.6 is 22.9 Å². The summed E-state index contributed by atoms with van der Waals surface area (Å²) < 4.78 is 29.0. The van der Waals surface area contributed by atoms with Crippen LogP contribution in [0.4, 0.5) is 8.78 Å². The van der Waals surface area contributed by atoms with Gasteiger partial charge in [-0.05, 0) is 23.6 Å². The maximum absolute atomic E-state index is 14.0. The Morgan fingerprint density at radius 3 is 2.79 bits per heavy atom. The van der Waals surface area contributed by atoms with E-state index in [1.165, 1.54) is 6.07 Å². The van der Waals surface area contributed by atoms with Gasteiger partial charge in [0.05, 0.1) is 17.9 Å². The number of alkyl halides is 1. The van der Waals surface area contributed by atoms with Crippen LogP contribution in [0.2, 0.25) is 0 Å². The lowest BCUT2D eigenvalue weighted by Gasteiger charge is -2.06. The minimum absolute atomic E-state index is 0.154. The zero-order valence-corrected chi connectivity index (χ0v) is 11.3. The zero-order chi connectivity index (χ0) is 13.4. The number of rotatable bonds is 3. The Labute approximate surface area is 117 Å². The van der Waals surface area contributed by atoms with Gasteiger partial charge in [0.1, 0.15) is 11.3 Å². The quantitative estimate of drug-likeness (QED) is 0.664. The molecule has 0 amide bonds. The lowest BCUT2D eigenvalue weighted by Crippen LogP contribution is -2.04. The van der Waals surface area contributed by atoms with Crippen LogP contribution in [0.5, 0.6) is 0 Å². The molecule has 0 saturated carbocycles. The Morgan fingerprint density at radius 1 is 1.26 bits per heavy atom. The van der Waals surface area contributed by atoms with Crippen LogP contribution in [0.3, 0.4) is 0 Å². The Balaban J connectivity index is 2.22. The third-order valence-corrected chi connectivity index (χ3v) is 3.99. The Hall–Kier alpha value is -1.46. The minimum Gasteiger partial charge on any atom is -0.319 e. The van der Waals surface area contributed by atoms with Crippen molar-refractivity contribution in [1.29, 1.82) is 0 Å². The topological polar surface area (TPSA) is 17.8 Å². The molecule has 0 saturated heterocycles. The third-order valence-electron chi connectivity index (χ3n) is 2.89. The molecule has 0 radical (unpaired) electrons. The molecular formula is C13H9ClF2N2S. The summed E-state index contributed by atoms with van der Waals surface area (Å²) in [4.78, 5) is 5.28. The van der Waals surface area contributed by atoms with Crippen LogP contribution in [0.15, 0.2) is 29.6 Å². The average Bonchev–Trinajstić information content (AvgIpc) is 3.02. The second kappa shape index (κ2) is 4.90. The van der Waals surface area contributed by atoms with E-state index in [0.717, 1.165) is 10.9 Å². The fraction of sp³-hybridized carbons (Fsp3) is 0.154. The van der Waals surface area contributed by atoms with Gasteiger partial charge < -0.3 is 4.57 Å². The van der Waals surface area contributed by atoms with E-state index >= 15 is 0 Å². The molecule has 3 aromatic rings. The van der Waals surface area contributed by atoms with E-state index < -0.39 is 11.6 Å². The first-order valence-corrected chi connectivity index (χ1v) is 7.03. The van der Waals surface area contributed by atoms with Gasteiger partial charge in [0.2, 0.25) is 0 Å². The van der Waals surface area contributed by atoms with Crippen LogP contribution in [0, 0.1) is 11.6 Å². The highest BCUT2D eigenvalue weighted by Crippen LogP contribution is 2.24. The first-order valence-electron chi connectivity index (χ1n) is 5.62. The van der Waals surface area contributed by atoms with Gasteiger partial charge >= 0.3 is 0 Å². The van der Waals surface area contributed by atoms with Gasteiger partial charge in [0.25, 0.3) is 0 Å². The number of aromatic nitrogens is 2. The largest absolute Gasteiger partial charge is 0.319 e. The maximum atomic E-state index is 14.0. The van der Waals surface area contributed by atoms with E-state index in [1.807, 2.05) is 17.5 Å². The van der Waals surface area contributed by atoms with Crippen molar-refractivity contribution in [2.45, 2.75) is 12.4 Å². The Kier molecular flexibility index (Phi) is 3.24. The van der Waals surface area contributed by atoms with Crippen LogP contribution in [0.1, 0.15) is 10.7 Å². The summed E-state index contributed by atoms with van der Waals surface area (Å²) in [6, 6.07) is 6.40. The van der Waals surface area contributed by atoms with Crippen molar-refractivity contribution in [3.8, 4) is 0 Å². The monoisotopic (exact) mass is 298 g/mol. The van der Waals surface area contributed by atoms with Gasteiger partial charge in [-0.15, -0.1) is 22.9 Å². The number of hydrogen-bond donors (Lipinski definition) is 0. The maximum Gasteiger partial charge on any atom is 0.184 e. The van der Waals surface area contributed by atoms with Crippen LogP contribution < -0.4 is 0 Å². The lowest BCUT2D eigenvalue weighted by atomic mass is 10.3. The molecular weight excluding hydrogens is 290 g/mol. The van der Waals surface area contributed by atoms with E-state index in [-0.39, 0.29) is 11.4 Å². The molecule has 6 heteroatoms. The number of hydrogen-bond acceptors (Lipinski definition) is 2. The van der Waals surface area contributed by atoms with E-state index in [2.05, 4.69) is 4.98 Å². The molecule has 0 N–H and O–H groups in total. The summed E-state index contributed by atoms with van der Waals surface area (Å²) in [6.45, 7) is 0.441. The molecule has 0 aliphatic carbocycles. The van der Waals surface area contributed by atoms with Crippen molar-refractivity contribution in [2.24, 2.45) is 0 Å². The second-order valence-electron chi connectivity index (χ2n) is 4.06. The fourth-order valence-electron chi connectivity index (χ4n) is 2.04. The summed E-state index contributed by atoms with van der Waals surface area (Å²) in [5.74, 6) is -1.06. The van der Waals surface area contributed by atoms with Gasteiger partial charge in [0, 0.05) is 4.88 Å². The molecule has 0 spiro atoms. The van der Waals surface area contributed by atoms with E-state index in [9.17, 15) is 8.78 Å². The second-order valence-corrected chi connectivity index (χ2v) is 5.36. The first-order chi connectivity index (χ1) is 9.20. The van der Waals surface area contributed by atoms with Crippen LogP contribution in [-0.4, -0.2) is 9.55 Å². The van der Waals surface area contributed by atoms with Crippen LogP contribution in [0.25, 0.3) is 11.0 Å². The molecule has 0 unspecified atom stereocenters. The number of benzene rings is 1. The predicted molar refractivity (Wildman–Crippen MR) is 72.6 cm³/mol. The highest BCUT2D eigenvalue weighted by atomic mass is 35.5. The van der Waals surface area contributed by atoms with Gasteiger partial charge in [0.15, 0.2) is 11.6 Å². The number of thiophene rings is 1. The molecule has 2 aromatic heterocycles. The standard InChI is InChI=1S/C13H9ClF2N2S/c14-6-11-17-10-4-3-9(15)12(16)13(10)18(11)7-8-2-1-5-19-8/h1-5H,6-7H2. The van der Waals surface area contributed by atoms with E-state index in [4.69, 9.17) is 11.6 Å². The number of halogens is 3. The summed E-state index contributed by atoms with van der Waals surface area (Å²) >= 11 is 7.39. The highest BCUT2D eigenvalue weighted by Gasteiger charge is 2.17. The first kappa shape index (κ1) is 12.6. The van der Waals surface area contributed by atoms with Gasteiger partial charge in [-0.2, -0.15) is 0 Å². The SMILES string of the molecule is Fc1ccc2nc(CCl)n(Cc3cccs3)c2c1F. The third kappa shape index (κ3) is 2.13. The predicted octanol–water partition coefficient (Wildman–Crippen LogP) is 4.16. The molecule has 0 aliphatic heterocycles. The average molecular weight is 299 g/mol. The van der Waals surface area contributed by atoms with Gasteiger partial charge in [-0.1, -0.05) is 6.07 Å². The van der Waals surface area contributed by atoms with Crippen molar-refractivity contribution in [2.75, 3.05) is 0 Å². The molecule has 0 atom stereocenters. The van der Waals surface area contributed by atoms with Gasteiger partial charge in [-0.25, -0.2) is 13.8 Å². The number of imidazole rings is 1. The molecule has 0 bridgehead atoms.